The van der Waals surface area contributed by atoms with E-state index < -0.39 is 0 Å². The van der Waals surface area contributed by atoms with Crippen molar-refractivity contribution in [3.05, 3.63) is 35.9 Å². The summed E-state index contributed by atoms with van der Waals surface area (Å²) in [6.07, 6.45) is 2.13. The molecule has 1 saturated heterocycles. The van der Waals surface area contributed by atoms with Gasteiger partial charge in [-0.05, 0) is 20.1 Å². The quantitative estimate of drug-likeness (QED) is 0.484. The van der Waals surface area contributed by atoms with E-state index in [1.54, 1.807) is 0 Å². The molecule has 1 aromatic carbocycles. The van der Waals surface area contributed by atoms with E-state index >= 15 is 0 Å². The third-order valence-corrected chi connectivity index (χ3v) is 7.60. The Bertz CT molecular complexity index is 425. The SMILES string of the molecule is CSN1CC[S+](C(C)(C)C(=O)c2ccccc2)CC1. The maximum Gasteiger partial charge on any atom is 0.217 e. The summed E-state index contributed by atoms with van der Waals surface area (Å²) < 4.78 is 2.17. The summed E-state index contributed by atoms with van der Waals surface area (Å²) in [5, 5.41) is 0. The summed E-state index contributed by atoms with van der Waals surface area (Å²) in [7, 11) is 0.188. The van der Waals surface area contributed by atoms with Gasteiger partial charge in [-0.15, -0.1) is 0 Å². The molecule has 1 aliphatic rings. The second kappa shape index (κ2) is 6.33. The van der Waals surface area contributed by atoms with Crippen LogP contribution in [-0.4, -0.2) is 45.7 Å². The topological polar surface area (TPSA) is 20.3 Å². The monoisotopic (exact) mass is 296 g/mol. The molecule has 2 nitrogen and oxygen atoms in total. The van der Waals surface area contributed by atoms with E-state index in [0.717, 1.165) is 30.2 Å². The number of carbonyl (C=O) groups is 1. The van der Waals surface area contributed by atoms with Gasteiger partial charge in [-0.3, -0.25) is 4.79 Å². The molecular formula is C15H22NOS2+. The Hall–Kier alpha value is -0.450. The summed E-state index contributed by atoms with van der Waals surface area (Å²) in [5.41, 5.74) is 0.854. The Kier molecular flexibility index (Phi) is 4.98. The molecule has 1 aliphatic heterocycles. The van der Waals surface area contributed by atoms with Gasteiger partial charge in [0, 0.05) is 16.5 Å². The molecule has 0 bridgehead atoms. The molecule has 0 aromatic heterocycles. The smallest absolute Gasteiger partial charge is 0.217 e. The fourth-order valence-electron chi connectivity index (χ4n) is 2.40. The lowest BCUT2D eigenvalue weighted by Crippen LogP contribution is -2.50. The second-order valence-corrected chi connectivity index (χ2v) is 8.92. The van der Waals surface area contributed by atoms with Crippen LogP contribution in [0.4, 0.5) is 0 Å². The first-order valence-corrected chi connectivity index (χ1v) is 9.36. The van der Waals surface area contributed by atoms with E-state index in [4.69, 9.17) is 0 Å². The highest BCUT2D eigenvalue weighted by molar-refractivity contribution is 7.99. The Balaban J connectivity index is 2.08. The highest BCUT2D eigenvalue weighted by atomic mass is 32.2. The van der Waals surface area contributed by atoms with Gasteiger partial charge in [-0.1, -0.05) is 42.3 Å². The van der Waals surface area contributed by atoms with Gasteiger partial charge >= 0.3 is 0 Å². The molecule has 104 valence electrons. The zero-order valence-electron chi connectivity index (χ0n) is 11.9. The van der Waals surface area contributed by atoms with Crippen LogP contribution >= 0.6 is 11.9 Å². The lowest BCUT2D eigenvalue weighted by molar-refractivity contribution is 0.0956. The standard InChI is InChI=1S/C15H22NOS2/c1-15(2,14(17)13-7-5-4-6-8-13)19-11-9-16(18-3)10-12-19/h4-8H,9-12H2,1-3H3/q+1. The van der Waals surface area contributed by atoms with E-state index in [1.807, 2.05) is 42.3 Å². The first-order valence-electron chi connectivity index (χ1n) is 6.62. The molecule has 0 N–H and O–H groups in total. The van der Waals surface area contributed by atoms with Gasteiger partial charge in [-0.2, -0.15) is 0 Å². The van der Waals surface area contributed by atoms with Crippen molar-refractivity contribution in [2.75, 3.05) is 30.9 Å². The third-order valence-electron chi connectivity index (χ3n) is 3.74. The van der Waals surface area contributed by atoms with Crippen molar-refractivity contribution >= 4 is 28.6 Å². The van der Waals surface area contributed by atoms with Crippen LogP contribution < -0.4 is 0 Å². The molecule has 0 radical (unpaired) electrons. The molecule has 0 atom stereocenters. The molecule has 0 aliphatic carbocycles. The fourth-order valence-corrected chi connectivity index (χ4v) is 5.66. The number of rotatable bonds is 4. The van der Waals surface area contributed by atoms with Crippen molar-refractivity contribution in [3.63, 3.8) is 0 Å². The maximum atomic E-state index is 12.7. The molecule has 1 heterocycles. The van der Waals surface area contributed by atoms with E-state index in [1.165, 1.54) is 0 Å². The van der Waals surface area contributed by atoms with Crippen LogP contribution in [-0.2, 0) is 10.9 Å². The Morgan fingerprint density at radius 3 is 2.32 bits per heavy atom. The number of hydrogen-bond acceptors (Lipinski definition) is 3. The van der Waals surface area contributed by atoms with Crippen molar-refractivity contribution in [2.24, 2.45) is 0 Å². The van der Waals surface area contributed by atoms with E-state index in [-0.39, 0.29) is 15.6 Å². The van der Waals surface area contributed by atoms with Crippen LogP contribution in [0.1, 0.15) is 24.2 Å². The predicted octanol–water partition coefficient (Wildman–Crippen LogP) is 2.86. The number of nitrogens with zero attached hydrogens (tertiary/aromatic N) is 1. The predicted molar refractivity (Wildman–Crippen MR) is 87.0 cm³/mol. The van der Waals surface area contributed by atoms with Crippen LogP contribution in [0, 0.1) is 0 Å². The Labute approximate surface area is 123 Å². The van der Waals surface area contributed by atoms with Crippen molar-refractivity contribution in [3.8, 4) is 0 Å². The number of ketones is 1. The molecule has 0 spiro atoms. The molecule has 1 fully saturated rings. The summed E-state index contributed by atoms with van der Waals surface area (Å²) in [6.45, 7) is 6.46. The molecule has 0 saturated carbocycles. The summed E-state index contributed by atoms with van der Waals surface area (Å²) in [6, 6.07) is 9.73. The zero-order valence-corrected chi connectivity index (χ0v) is 13.5. The van der Waals surface area contributed by atoms with E-state index in [9.17, 15) is 4.79 Å². The number of hydrogen-bond donors (Lipinski definition) is 0. The number of carbonyl (C=O) groups excluding carboxylic acids is 1. The number of benzene rings is 1. The minimum Gasteiger partial charge on any atom is -0.288 e. The summed E-state index contributed by atoms with van der Waals surface area (Å²) >= 11 is 1.82. The first-order chi connectivity index (χ1) is 9.05. The highest BCUT2D eigenvalue weighted by Gasteiger charge is 2.46. The van der Waals surface area contributed by atoms with Crippen LogP contribution in [0.5, 0.6) is 0 Å². The maximum absolute atomic E-state index is 12.7. The van der Waals surface area contributed by atoms with Crippen molar-refractivity contribution in [2.45, 2.75) is 18.6 Å². The molecule has 1 aromatic rings. The highest BCUT2D eigenvalue weighted by Crippen LogP contribution is 2.28. The lowest BCUT2D eigenvalue weighted by atomic mass is 10.0. The average molecular weight is 296 g/mol. The normalized spacial score (nSPS) is 18.5. The average Bonchev–Trinajstić information content (AvgIpc) is 2.47. The molecule has 4 heteroatoms. The van der Waals surface area contributed by atoms with Crippen LogP contribution in [0.15, 0.2) is 30.3 Å². The van der Waals surface area contributed by atoms with Crippen LogP contribution in [0.3, 0.4) is 0 Å². The molecule has 19 heavy (non-hydrogen) atoms. The van der Waals surface area contributed by atoms with Crippen molar-refractivity contribution < 1.29 is 4.79 Å². The molecule has 0 amide bonds. The first kappa shape index (κ1) is 14.9. The molecular weight excluding hydrogens is 274 g/mol. The summed E-state index contributed by atoms with van der Waals surface area (Å²) in [4.78, 5) is 12.7. The van der Waals surface area contributed by atoms with Gasteiger partial charge in [0.1, 0.15) is 11.5 Å². The number of Topliss-reactive ketones (excluding diaryl/α,β-unsaturated/α-hetero) is 1. The fraction of sp³-hybridized carbons (Fsp3) is 0.533. The minimum absolute atomic E-state index is 0.188. The van der Waals surface area contributed by atoms with Crippen molar-refractivity contribution in [1.82, 2.24) is 4.31 Å². The van der Waals surface area contributed by atoms with Crippen LogP contribution in [0.2, 0.25) is 0 Å². The van der Waals surface area contributed by atoms with Gasteiger partial charge in [0.2, 0.25) is 5.78 Å². The van der Waals surface area contributed by atoms with Gasteiger partial charge in [-0.25, -0.2) is 4.31 Å². The van der Waals surface area contributed by atoms with Gasteiger partial charge in [0.15, 0.2) is 4.75 Å². The Morgan fingerprint density at radius 1 is 1.21 bits per heavy atom. The minimum atomic E-state index is -0.230. The van der Waals surface area contributed by atoms with Gasteiger partial charge in [0.05, 0.1) is 13.1 Å². The van der Waals surface area contributed by atoms with Gasteiger partial charge < -0.3 is 0 Å². The third kappa shape index (κ3) is 3.36. The van der Waals surface area contributed by atoms with E-state index in [0.29, 0.717) is 5.78 Å². The van der Waals surface area contributed by atoms with Gasteiger partial charge in [0.25, 0.3) is 0 Å². The largest absolute Gasteiger partial charge is 0.288 e. The van der Waals surface area contributed by atoms with Crippen molar-refractivity contribution in [1.29, 1.82) is 0 Å². The van der Waals surface area contributed by atoms with Crippen LogP contribution in [0.25, 0.3) is 0 Å². The second-order valence-electron chi connectivity index (χ2n) is 5.22. The van der Waals surface area contributed by atoms with E-state index in [2.05, 4.69) is 24.4 Å². The zero-order chi connectivity index (χ0) is 13.9. The Morgan fingerprint density at radius 2 is 1.79 bits per heavy atom. The molecule has 2 rings (SSSR count). The lowest BCUT2D eigenvalue weighted by Gasteiger charge is -2.31. The summed E-state index contributed by atoms with van der Waals surface area (Å²) in [5.74, 6) is 2.59. The molecule has 0 unspecified atom stereocenters.